The van der Waals surface area contributed by atoms with Crippen molar-refractivity contribution < 1.29 is 43.9 Å². The second-order valence-corrected chi connectivity index (χ2v) is 10.4. The average molecular weight is 470 g/mol. The number of benzene rings is 1. The van der Waals surface area contributed by atoms with Gasteiger partial charge >= 0.3 is 29.6 Å². The van der Waals surface area contributed by atoms with Gasteiger partial charge in [0, 0.05) is 13.0 Å². The summed E-state index contributed by atoms with van der Waals surface area (Å²) in [6.45, 7) is 3.03. The minimum absolute atomic E-state index is 0. The molecule has 0 aliphatic rings. The Morgan fingerprint density at radius 3 is 1.64 bits per heavy atom. The molecule has 1 aromatic rings. The fraction of sp³-hybridized carbons (Fsp3) is 0.750. The standard InChI is InChI=1S/C28H50N2O2.Na/c1-5-6-7-8-9-10-11-12-13-14-15-16-17-18-23-29-28(32)27(30(2,3)4)24-25-19-21-26(31)22-20-25;/h19-22,27H,5-18,23-24H2,1-4H3,(H-,29,31,32);/q;+1/t27-;/m0./s1. The van der Waals surface area contributed by atoms with Crippen LogP contribution in [0.3, 0.4) is 0 Å². The Morgan fingerprint density at radius 2 is 1.21 bits per heavy atom. The number of nitrogens with one attached hydrogen (secondary N) is 1. The van der Waals surface area contributed by atoms with Gasteiger partial charge in [-0.15, -0.1) is 5.75 Å². The van der Waals surface area contributed by atoms with Crippen molar-refractivity contribution in [1.29, 1.82) is 0 Å². The second kappa shape index (κ2) is 19.7. The van der Waals surface area contributed by atoms with Gasteiger partial charge < -0.3 is 14.9 Å². The number of carbonyl (C=O) groups excluding carboxylic acids is 1. The Balaban J connectivity index is 0.0000102. The number of carbonyl (C=O) groups is 1. The molecule has 1 rings (SSSR count). The van der Waals surface area contributed by atoms with Crippen molar-refractivity contribution in [2.24, 2.45) is 0 Å². The Labute approximate surface area is 226 Å². The fourth-order valence-corrected chi connectivity index (χ4v) is 4.22. The Bertz CT molecular complexity index is 599. The summed E-state index contributed by atoms with van der Waals surface area (Å²) in [7, 11) is 6.16. The van der Waals surface area contributed by atoms with Gasteiger partial charge in [0.1, 0.15) is 0 Å². The molecule has 0 saturated heterocycles. The van der Waals surface area contributed by atoms with E-state index in [-0.39, 0.29) is 47.3 Å². The van der Waals surface area contributed by atoms with Crippen molar-refractivity contribution in [3.8, 4) is 5.75 Å². The van der Waals surface area contributed by atoms with Crippen LogP contribution in [0.2, 0.25) is 0 Å². The van der Waals surface area contributed by atoms with Crippen LogP contribution in [0.5, 0.6) is 5.75 Å². The van der Waals surface area contributed by atoms with Crippen LogP contribution >= 0.6 is 0 Å². The van der Waals surface area contributed by atoms with Gasteiger partial charge in [-0.2, -0.15) is 0 Å². The molecule has 0 aliphatic heterocycles. The van der Waals surface area contributed by atoms with Crippen molar-refractivity contribution in [3.63, 3.8) is 0 Å². The minimum atomic E-state index is -0.154. The van der Waals surface area contributed by atoms with E-state index in [0.717, 1.165) is 18.5 Å². The monoisotopic (exact) mass is 469 g/mol. The zero-order chi connectivity index (χ0) is 23.7. The van der Waals surface area contributed by atoms with Crippen LogP contribution in [0.25, 0.3) is 0 Å². The molecule has 33 heavy (non-hydrogen) atoms. The van der Waals surface area contributed by atoms with Gasteiger partial charge in [0.05, 0.1) is 21.1 Å². The van der Waals surface area contributed by atoms with Gasteiger partial charge in [0.15, 0.2) is 6.04 Å². The summed E-state index contributed by atoms with van der Waals surface area (Å²) in [4.78, 5) is 12.8. The van der Waals surface area contributed by atoms with Gasteiger partial charge in [-0.05, 0) is 12.0 Å². The van der Waals surface area contributed by atoms with Crippen molar-refractivity contribution in [2.75, 3.05) is 27.7 Å². The number of unbranched alkanes of at least 4 members (excludes halogenated alkanes) is 13. The van der Waals surface area contributed by atoms with Crippen LogP contribution in [0.4, 0.5) is 0 Å². The van der Waals surface area contributed by atoms with Crippen LogP contribution in [0.1, 0.15) is 102 Å². The van der Waals surface area contributed by atoms with E-state index in [1.165, 1.54) is 83.5 Å². The molecule has 1 N–H and O–H groups in total. The minimum Gasteiger partial charge on any atom is -0.872 e. The van der Waals surface area contributed by atoms with Gasteiger partial charge in [0.25, 0.3) is 5.91 Å². The maximum atomic E-state index is 12.8. The van der Waals surface area contributed by atoms with Gasteiger partial charge in [-0.25, -0.2) is 0 Å². The van der Waals surface area contributed by atoms with Crippen LogP contribution in [0.15, 0.2) is 24.3 Å². The smallest absolute Gasteiger partial charge is 0.872 e. The van der Waals surface area contributed by atoms with E-state index >= 15 is 0 Å². The zero-order valence-corrected chi connectivity index (χ0v) is 24.5. The van der Waals surface area contributed by atoms with Crippen LogP contribution in [0, 0.1) is 0 Å². The molecule has 0 radical (unpaired) electrons. The first-order valence-electron chi connectivity index (χ1n) is 13.2. The summed E-state index contributed by atoms with van der Waals surface area (Å²) in [6.07, 6.45) is 19.4. The van der Waals surface area contributed by atoms with Crippen LogP contribution in [-0.4, -0.2) is 44.1 Å². The average Bonchev–Trinajstić information content (AvgIpc) is 2.75. The topological polar surface area (TPSA) is 52.2 Å². The molecular weight excluding hydrogens is 419 g/mol. The van der Waals surface area contributed by atoms with E-state index in [1.54, 1.807) is 12.1 Å². The largest absolute Gasteiger partial charge is 1.00 e. The molecule has 0 unspecified atom stereocenters. The molecule has 0 fully saturated rings. The Kier molecular flexibility index (Phi) is 19.4. The third-order valence-corrected chi connectivity index (χ3v) is 6.42. The first-order valence-corrected chi connectivity index (χ1v) is 13.2. The predicted molar refractivity (Wildman–Crippen MR) is 135 cm³/mol. The zero-order valence-electron chi connectivity index (χ0n) is 22.5. The molecule has 0 aliphatic carbocycles. The third-order valence-electron chi connectivity index (χ3n) is 6.42. The summed E-state index contributed by atoms with van der Waals surface area (Å²) in [6, 6.07) is 6.68. The predicted octanol–water partition coefficient (Wildman–Crippen LogP) is 2.98. The molecule has 0 spiro atoms. The molecule has 0 bridgehead atoms. The van der Waals surface area contributed by atoms with Crippen molar-refractivity contribution in [3.05, 3.63) is 29.8 Å². The summed E-state index contributed by atoms with van der Waals surface area (Å²) >= 11 is 0. The first kappa shape index (κ1) is 32.5. The molecule has 0 heterocycles. The van der Waals surface area contributed by atoms with E-state index in [4.69, 9.17) is 0 Å². The normalized spacial score (nSPS) is 12.2. The Hall–Kier alpha value is -0.550. The van der Waals surface area contributed by atoms with Crippen LogP contribution < -0.4 is 40.0 Å². The van der Waals surface area contributed by atoms with E-state index < -0.39 is 0 Å². The number of quaternary nitrogens is 1. The maximum Gasteiger partial charge on any atom is 1.00 e. The molecular formula is C28H50N2NaO2+. The molecule has 5 heteroatoms. The summed E-state index contributed by atoms with van der Waals surface area (Å²) in [5.41, 5.74) is 1.04. The van der Waals surface area contributed by atoms with E-state index in [1.807, 2.05) is 12.1 Å². The summed E-state index contributed by atoms with van der Waals surface area (Å²) in [5, 5.41) is 14.5. The molecule has 1 aromatic carbocycles. The molecule has 0 aromatic heterocycles. The Morgan fingerprint density at radius 1 is 0.788 bits per heavy atom. The van der Waals surface area contributed by atoms with Gasteiger partial charge in [0.2, 0.25) is 0 Å². The summed E-state index contributed by atoms with van der Waals surface area (Å²) in [5.74, 6) is 0.121. The second-order valence-electron chi connectivity index (χ2n) is 10.4. The van der Waals surface area contributed by atoms with Gasteiger partial charge in [-0.1, -0.05) is 115 Å². The van der Waals surface area contributed by atoms with Crippen molar-refractivity contribution in [1.82, 2.24) is 5.32 Å². The number of likely N-dealkylation sites (N-methyl/N-ethyl adjacent to an activating group) is 1. The maximum absolute atomic E-state index is 12.8. The van der Waals surface area contributed by atoms with Crippen LogP contribution in [-0.2, 0) is 11.2 Å². The van der Waals surface area contributed by atoms with Crippen molar-refractivity contribution in [2.45, 2.75) is 109 Å². The number of hydrogen-bond acceptors (Lipinski definition) is 2. The van der Waals surface area contributed by atoms with E-state index in [2.05, 4.69) is 33.4 Å². The number of nitrogens with zero attached hydrogens (tertiary/aromatic N) is 1. The number of amides is 1. The summed E-state index contributed by atoms with van der Waals surface area (Å²) < 4.78 is 0.573. The SMILES string of the molecule is CCCCCCCCCCCCCCCCNC(=O)[C@H](Cc1ccc([O-])cc1)[N+](C)(C)C.[Na+]. The van der Waals surface area contributed by atoms with E-state index in [0.29, 0.717) is 10.9 Å². The molecule has 1 atom stereocenters. The molecule has 184 valence electrons. The van der Waals surface area contributed by atoms with E-state index in [9.17, 15) is 9.90 Å². The number of hydrogen-bond donors (Lipinski definition) is 1. The van der Waals surface area contributed by atoms with Gasteiger partial charge in [-0.3, -0.25) is 4.79 Å². The molecule has 0 saturated carbocycles. The molecule has 4 nitrogen and oxygen atoms in total. The fourth-order valence-electron chi connectivity index (χ4n) is 4.22. The van der Waals surface area contributed by atoms with Crippen molar-refractivity contribution >= 4 is 5.91 Å². The third kappa shape index (κ3) is 16.7. The number of rotatable bonds is 19. The quantitative estimate of drug-likeness (QED) is 0.192. The molecule has 1 amide bonds. The first-order chi connectivity index (χ1) is 15.3.